The van der Waals surface area contributed by atoms with E-state index in [9.17, 15) is 0 Å². The average molecular weight is 729 g/mol. The van der Waals surface area contributed by atoms with E-state index in [0.717, 1.165) is 77.5 Å². The predicted molar refractivity (Wildman–Crippen MR) is 237 cm³/mol. The number of anilines is 3. The molecule has 0 aliphatic rings. The molecule has 4 heteroatoms. The molecule has 4 nitrogen and oxygen atoms in total. The van der Waals surface area contributed by atoms with E-state index in [2.05, 4.69) is 186 Å². The van der Waals surface area contributed by atoms with Gasteiger partial charge in [0.05, 0.1) is 0 Å². The standard InChI is InChI=1S/C53H32N2O2/c1-3-7-39-28-50-48(26-37(39)5-1)46-21-19-44(30-52(46)56-50)55(45-20-22-47-49-27-38-6-2-4-8-40(38)29-51(49)57-53(47)31-45)43-17-15-34(16-18-43)33-9-11-35(12-10-33)41-14-13-36-23-24-54-32-42(36)25-41/h1-32H. The highest BCUT2D eigenvalue weighted by Gasteiger charge is 2.18. The number of aromatic nitrogens is 1. The highest BCUT2D eigenvalue weighted by atomic mass is 16.3. The molecule has 12 aromatic rings. The van der Waals surface area contributed by atoms with Crippen molar-refractivity contribution in [2.24, 2.45) is 0 Å². The van der Waals surface area contributed by atoms with Crippen LogP contribution in [0.15, 0.2) is 203 Å². The Morgan fingerprint density at radius 2 is 0.772 bits per heavy atom. The molecule has 0 fully saturated rings. The first-order chi connectivity index (χ1) is 28.2. The second-order valence-electron chi connectivity index (χ2n) is 14.9. The van der Waals surface area contributed by atoms with Crippen LogP contribution in [0.4, 0.5) is 17.1 Å². The summed E-state index contributed by atoms with van der Waals surface area (Å²) in [7, 11) is 0. The predicted octanol–water partition coefficient (Wildman–Crippen LogP) is 15.1. The van der Waals surface area contributed by atoms with E-state index in [4.69, 9.17) is 8.83 Å². The summed E-state index contributed by atoms with van der Waals surface area (Å²) in [5.74, 6) is 0. The van der Waals surface area contributed by atoms with E-state index < -0.39 is 0 Å². The molecular formula is C53H32N2O2. The maximum atomic E-state index is 6.56. The van der Waals surface area contributed by atoms with Crippen LogP contribution in [-0.4, -0.2) is 4.98 Å². The molecule has 0 saturated carbocycles. The number of hydrogen-bond donors (Lipinski definition) is 0. The Kier molecular flexibility index (Phi) is 6.89. The van der Waals surface area contributed by atoms with Gasteiger partial charge in [-0.3, -0.25) is 4.98 Å². The minimum atomic E-state index is 0.846. The van der Waals surface area contributed by atoms with Gasteiger partial charge in [-0.2, -0.15) is 0 Å². The van der Waals surface area contributed by atoms with E-state index in [1.807, 2.05) is 18.5 Å². The molecule has 3 heterocycles. The van der Waals surface area contributed by atoms with Crippen LogP contribution in [0, 0.1) is 0 Å². The molecule has 57 heavy (non-hydrogen) atoms. The van der Waals surface area contributed by atoms with Crippen LogP contribution < -0.4 is 4.90 Å². The Morgan fingerprint density at radius 1 is 0.316 bits per heavy atom. The molecule has 0 spiro atoms. The van der Waals surface area contributed by atoms with Gasteiger partial charge in [0, 0.05) is 68.5 Å². The number of benzene rings is 9. The quantitative estimate of drug-likeness (QED) is 0.177. The molecule has 0 unspecified atom stereocenters. The highest BCUT2D eigenvalue weighted by molar-refractivity contribution is 6.12. The van der Waals surface area contributed by atoms with E-state index in [0.29, 0.717) is 0 Å². The first-order valence-corrected chi connectivity index (χ1v) is 19.2. The van der Waals surface area contributed by atoms with Gasteiger partial charge >= 0.3 is 0 Å². The molecule has 3 aromatic heterocycles. The lowest BCUT2D eigenvalue weighted by Crippen LogP contribution is -2.09. The molecule has 0 bridgehead atoms. The third kappa shape index (κ3) is 5.26. The third-order valence-electron chi connectivity index (χ3n) is 11.5. The maximum Gasteiger partial charge on any atom is 0.137 e. The normalized spacial score (nSPS) is 11.9. The summed E-state index contributed by atoms with van der Waals surface area (Å²) >= 11 is 0. The summed E-state index contributed by atoms with van der Waals surface area (Å²) in [6.45, 7) is 0. The Hall–Kier alpha value is -7.69. The third-order valence-corrected chi connectivity index (χ3v) is 11.5. The molecule has 0 atom stereocenters. The first-order valence-electron chi connectivity index (χ1n) is 19.2. The van der Waals surface area contributed by atoms with Crippen LogP contribution >= 0.6 is 0 Å². The van der Waals surface area contributed by atoms with Crippen molar-refractivity contribution in [1.29, 1.82) is 0 Å². The smallest absolute Gasteiger partial charge is 0.137 e. The minimum absolute atomic E-state index is 0.846. The lowest BCUT2D eigenvalue weighted by Gasteiger charge is -2.25. The zero-order chi connectivity index (χ0) is 37.5. The van der Waals surface area contributed by atoms with Gasteiger partial charge in [0.25, 0.3) is 0 Å². The molecular weight excluding hydrogens is 697 g/mol. The molecule has 12 rings (SSSR count). The second-order valence-corrected chi connectivity index (χ2v) is 14.9. The van der Waals surface area contributed by atoms with Gasteiger partial charge in [-0.1, -0.05) is 97.1 Å². The van der Waals surface area contributed by atoms with Crippen LogP contribution in [0.25, 0.3) is 98.4 Å². The van der Waals surface area contributed by atoms with Gasteiger partial charge in [0.1, 0.15) is 22.3 Å². The fraction of sp³-hybridized carbons (Fsp3) is 0. The Morgan fingerprint density at radius 3 is 1.33 bits per heavy atom. The summed E-state index contributed by atoms with van der Waals surface area (Å²) in [4.78, 5) is 6.60. The molecule has 9 aromatic carbocycles. The Bertz CT molecular complexity index is 3370. The summed E-state index contributed by atoms with van der Waals surface area (Å²) < 4.78 is 13.1. The Labute approximate surface area is 327 Å². The fourth-order valence-electron chi connectivity index (χ4n) is 8.55. The molecule has 0 radical (unpaired) electrons. The second kappa shape index (κ2) is 12.4. The number of pyridine rings is 1. The summed E-state index contributed by atoms with van der Waals surface area (Å²) in [6.07, 6.45) is 3.76. The zero-order valence-electron chi connectivity index (χ0n) is 30.7. The van der Waals surface area contributed by atoms with Crippen LogP contribution in [0.3, 0.4) is 0 Å². The maximum absolute atomic E-state index is 6.56. The van der Waals surface area contributed by atoms with Gasteiger partial charge in [-0.15, -0.1) is 0 Å². The topological polar surface area (TPSA) is 42.4 Å². The van der Waals surface area contributed by atoms with Crippen LogP contribution in [0.2, 0.25) is 0 Å². The summed E-state index contributed by atoms with van der Waals surface area (Å²) in [5, 5.41) is 11.5. The Balaban J connectivity index is 0.957. The van der Waals surface area contributed by atoms with Crippen molar-refractivity contribution < 1.29 is 8.83 Å². The fourth-order valence-corrected chi connectivity index (χ4v) is 8.55. The molecule has 266 valence electrons. The number of nitrogens with zero attached hydrogens (tertiary/aromatic N) is 2. The number of furan rings is 2. The highest BCUT2D eigenvalue weighted by Crippen LogP contribution is 2.42. The van der Waals surface area contributed by atoms with Crippen molar-refractivity contribution in [3.8, 4) is 22.3 Å². The number of hydrogen-bond acceptors (Lipinski definition) is 4. The lowest BCUT2D eigenvalue weighted by molar-refractivity contribution is 0.669. The largest absolute Gasteiger partial charge is 0.456 e. The van der Waals surface area contributed by atoms with E-state index in [1.165, 1.54) is 38.1 Å². The zero-order valence-corrected chi connectivity index (χ0v) is 30.7. The summed E-state index contributed by atoms with van der Waals surface area (Å²) in [6, 6.07) is 64.9. The monoisotopic (exact) mass is 728 g/mol. The van der Waals surface area contributed by atoms with Gasteiger partial charge in [-0.05, 0) is 122 Å². The molecule has 0 N–H and O–H groups in total. The van der Waals surface area contributed by atoms with Crippen LogP contribution in [0.5, 0.6) is 0 Å². The van der Waals surface area contributed by atoms with Crippen molar-refractivity contribution in [2.75, 3.05) is 4.90 Å². The van der Waals surface area contributed by atoms with Crippen LogP contribution in [-0.2, 0) is 0 Å². The minimum Gasteiger partial charge on any atom is -0.456 e. The van der Waals surface area contributed by atoms with Crippen molar-refractivity contribution in [3.05, 3.63) is 194 Å². The molecule has 0 amide bonds. The van der Waals surface area contributed by atoms with E-state index >= 15 is 0 Å². The van der Waals surface area contributed by atoms with E-state index in [-0.39, 0.29) is 0 Å². The van der Waals surface area contributed by atoms with Crippen molar-refractivity contribution in [3.63, 3.8) is 0 Å². The number of fused-ring (bicyclic) bond motifs is 9. The average Bonchev–Trinajstić information content (AvgIpc) is 3.81. The van der Waals surface area contributed by atoms with Gasteiger partial charge in [0.2, 0.25) is 0 Å². The molecule has 0 aliphatic heterocycles. The summed E-state index contributed by atoms with van der Waals surface area (Å²) in [5.41, 5.74) is 11.1. The molecule has 0 aliphatic carbocycles. The van der Waals surface area contributed by atoms with E-state index in [1.54, 1.807) is 0 Å². The van der Waals surface area contributed by atoms with Gasteiger partial charge < -0.3 is 13.7 Å². The molecule has 0 saturated heterocycles. The van der Waals surface area contributed by atoms with Crippen molar-refractivity contribution >= 4 is 93.3 Å². The SMILES string of the molecule is c1ccc2cc3c(cc2c1)oc1cc(N(c2ccc(-c4ccc(-c5ccc6ccncc6c5)cc4)cc2)c2ccc4c(c2)oc2cc5ccccc5cc24)ccc13. The lowest BCUT2D eigenvalue weighted by atomic mass is 9.98. The van der Waals surface area contributed by atoms with Crippen molar-refractivity contribution in [1.82, 2.24) is 4.98 Å². The van der Waals surface area contributed by atoms with Crippen LogP contribution in [0.1, 0.15) is 0 Å². The first kappa shape index (κ1) is 31.6. The van der Waals surface area contributed by atoms with Gasteiger partial charge in [0.15, 0.2) is 0 Å². The van der Waals surface area contributed by atoms with Crippen molar-refractivity contribution in [2.45, 2.75) is 0 Å². The number of rotatable bonds is 5. The van der Waals surface area contributed by atoms with Gasteiger partial charge in [-0.25, -0.2) is 0 Å².